The van der Waals surface area contributed by atoms with Crippen molar-refractivity contribution in [3.8, 4) is 16.9 Å². The summed E-state index contributed by atoms with van der Waals surface area (Å²) in [7, 11) is 1.65. The fourth-order valence-corrected chi connectivity index (χ4v) is 4.58. The van der Waals surface area contributed by atoms with Crippen LogP contribution in [0.1, 0.15) is 22.6 Å². The Labute approximate surface area is 218 Å². The van der Waals surface area contributed by atoms with Crippen molar-refractivity contribution < 1.29 is 18.3 Å². The first kappa shape index (κ1) is 25.0. The lowest BCUT2D eigenvalue weighted by atomic mass is 9.99. The number of nitrogens with one attached hydrogen (secondary N) is 1. The van der Waals surface area contributed by atoms with Gasteiger partial charge >= 0.3 is 5.69 Å². The molecule has 38 heavy (non-hydrogen) atoms. The number of rotatable bonds is 7. The second-order valence-corrected chi connectivity index (χ2v) is 9.34. The minimum absolute atomic E-state index is 0.000796. The molecule has 0 saturated heterocycles. The average molecular weight is 515 g/mol. The predicted octanol–water partition coefficient (Wildman–Crippen LogP) is 5.28. The molecule has 5 rings (SSSR count). The molecule has 0 aliphatic carbocycles. The molecule has 0 atom stereocenters. The molecule has 0 saturated carbocycles. The van der Waals surface area contributed by atoms with E-state index in [1.807, 2.05) is 56.3 Å². The lowest BCUT2D eigenvalue weighted by Gasteiger charge is -2.13. The molecule has 0 aliphatic rings. The first-order valence-electron chi connectivity index (χ1n) is 12.1. The largest absolute Gasteiger partial charge is 0.481 e. The maximum absolute atomic E-state index is 15.2. The molecule has 2 aromatic heterocycles. The third kappa shape index (κ3) is 4.82. The van der Waals surface area contributed by atoms with Gasteiger partial charge in [0.2, 0.25) is 11.8 Å². The van der Waals surface area contributed by atoms with Gasteiger partial charge in [0.15, 0.2) is 18.2 Å². The summed E-state index contributed by atoms with van der Waals surface area (Å²) < 4.78 is 28.9. The molecular weight excluding hydrogens is 487 g/mol. The van der Waals surface area contributed by atoms with Crippen LogP contribution in [0.3, 0.4) is 0 Å². The molecule has 1 N–H and O–H groups in total. The lowest BCUT2D eigenvalue weighted by Crippen LogP contribution is -2.28. The smallest absolute Gasteiger partial charge is 0.329 e. The molecule has 0 aliphatic heterocycles. The summed E-state index contributed by atoms with van der Waals surface area (Å²) in [6, 6.07) is 14.4. The van der Waals surface area contributed by atoms with E-state index in [1.54, 1.807) is 14.0 Å². The van der Waals surface area contributed by atoms with Crippen molar-refractivity contribution >= 4 is 22.6 Å². The summed E-state index contributed by atoms with van der Waals surface area (Å²) in [5.41, 5.74) is 5.32. The molecule has 8 nitrogen and oxygen atoms in total. The van der Waals surface area contributed by atoms with Crippen LogP contribution in [-0.2, 0) is 25.0 Å². The van der Waals surface area contributed by atoms with Gasteiger partial charge in [0.25, 0.3) is 0 Å². The summed E-state index contributed by atoms with van der Waals surface area (Å²) in [5.74, 6) is -0.407. The summed E-state index contributed by atoms with van der Waals surface area (Å²) in [6.45, 7) is 5.46. The summed E-state index contributed by atoms with van der Waals surface area (Å²) in [5, 5.41) is 2.84. The van der Waals surface area contributed by atoms with Gasteiger partial charge in [-0.2, -0.15) is 0 Å². The van der Waals surface area contributed by atoms with Gasteiger partial charge < -0.3 is 14.5 Å². The highest BCUT2D eigenvalue weighted by Gasteiger charge is 2.20. The van der Waals surface area contributed by atoms with Crippen molar-refractivity contribution in [3.63, 3.8) is 0 Å². The molecule has 2 heterocycles. The van der Waals surface area contributed by atoms with Crippen LogP contribution in [0.15, 0.2) is 70.2 Å². The Morgan fingerprint density at radius 1 is 1.08 bits per heavy atom. The van der Waals surface area contributed by atoms with E-state index in [9.17, 15) is 9.59 Å². The zero-order chi connectivity index (χ0) is 27.0. The van der Waals surface area contributed by atoms with Crippen molar-refractivity contribution in [1.82, 2.24) is 14.1 Å². The number of hydrogen-bond donors (Lipinski definition) is 1. The third-order valence-corrected chi connectivity index (χ3v) is 6.38. The zero-order valence-electron chi connectivity index (χ0n) is 21.5. The highest BCUT2D eigenvalue weighted by Crippen LogP contribution is 2.34. The molecule has 3 aromatic carbocycles. The van der Waals surface area contributed by atoms with E-state index in [2.05, 4.69) is 10.3 Å². The number of aryl methyl sites for hydroxylation is 4. The van der Waals surface area contributed by atoms with Gasteiger partial charge in [0.1, 0.15) is 12.8 Å². The molecule has 0 radical (unpaired) electrons. The van der Waals surface area contributed by atoms with Gasteiger partial charge in [0, 0.05) is 18.3 Å². The topological polar surface area (TPSA) is 91.3 Å². The van der Waals surface area contributed by atoms with E-state index in [4.69, 9.17) is 9.15 Å². The molecule has 1 amide bonds. The number of nitrogens with zero attached hydrogens (tertiary/aromatic N) is 3. The maximum Gasteiger partial charge on any atom is 0.329 e. The number of imidazole rings is 1. The van der Waals surface area contributed by atoms with E-state index in [-0.39, 0.29) is 30.5 Å². The molecule has 9 heteroatoms. The van der Waals surface area contributed by atoms with E-state index in [0.717, 1.165) is 11.1 Å². The number of hydrogen-bond acceptors (Lipinski definition) is 5. The molecular formula is C29H27FN4O4. The number of aromatic nitrogens is 3. The van der Waals surface area contributed by atoms with Crippen LogP contribution >= 0.6 is 0 Å². The number of fused-ring (bicyclic) bond motifs is 1. The SMILES string of the molecule is Cc1ccc(NC(=O)Cn2c(=O)n(C)c3c(-c4cc(C)c(OCc5ncco5)c(F)c4)cc(C)cc32)cc1. The first-order valence-corrected chi connectivity index (χ1v) is 12.1. The van der Waals surface area contributed by atoms with Gasteiger partial charge in [-0.1, -0.05) is 17.7 Å². The highest BCUT2D eigenvalue weighted by molar-refractivity contribution is 5.96. The minimum Gasteiger partial charge on any atom is -0.481 e. The van der Waals surface area contributed by atoms with Crippen molar-refractivity contribution in [2.24, 2.45) is 7.05 Å². The molecule has 5 aromatic rings. The van der Waals surface area contributed by atoms with Crippen LogP contribution in [0.5, 0.6) is 5.75 Å². The van der Waals surface area contributed by atoms with Gasteiger partial charge in [-0.3, -0.25) is 13.9 Å². The van der Waals surface area contributed by atoms with Gasteiger partial charge in [0.05, 0.1) is 17.2 Å². The van der Waals surface area contributed by atoms with Gasteiger partial charge in [-0.05, 0) is 73.9 Å². The zero-order valence-corrected chi connectivity index (χ0v) is 21.5. The van der Waals surface area contributed by atoms with Gasteiger partial charge in [-0.25, -0.2) is 14.2 Å². The summed E-state index contributed by atoms with van der Waals surface area (Å²) in [6.07, 6.45) is 2.92. The quantitative estimate of drug-likeness (QED) is 0.319. The van der Waals surface area contributed by atoms with Crippen LogP contribution < -0.4 is 15.7 Å². The normalized spacial score (nSPS) is 11.2. The predicted molar refractivity (Wildman–Crippen MR) is 143 cm³/mol. The van der Waals surface area contributed by atoms with E-state index >= 15 is 4.39 Å². The van der Waals surface area contributed by atoms with Crippen molar-refractivity contribution in [2.45, 2.75) is 33.9 Å². The fraction of sp³-hybridized carbons (Fsp3) is 0.207. The van der Waals surface area contributed by atoms with Crippen LogP contribution in [0.25, 0.3) is 22.2 Å². The highest BCUT2D eigenvalue weighted by atomic mass is 19.1. The van der Waals surface area contributed by atoms with E-state index in [1.165, 1.54) is 27.7 Å². The Bertz CT molecular complexity index is 1680. The fourth-order valence-electron chi connectivity index (χ4n) is 4.58. The maximum atomic E-state index is 15.2. The van der Waals surface area contributed by atoms with Crippen LogP contribution in [0.4, 0.5) is 10.1 Å². The van der Waals surface area contributed by atoms with Crippen molar-refractivity contribution in [1.29, 1.82) is 0 Å². The molecule has 0 unspecified atom stereocenters. The van der Waals surface area contributed by atoms with Crippen molar-refractivity contribution in [3.05, 3.63) is 99.9 Å². The Morgan fingerprint density at radius 2 is 1.84 bits per heavy atom. The summed E-state index contributed by atoms with van der Waals surface area (Å²) in [4.78, 5) is 30.1. The lowest BCUT2D eigenvalue weighted by molar-refractivity contribution is -0.116. The van der Waals surface area contributed by atoms with Gasteiger partial charge in [-0.15, -0.1) is 0 Å². The van der Waals surface area contributed by atoms with Crippen LogP contribution in [-0.4, -0.2) is 20.0 Å². The second-order valence-electron chi connectivity index (χ2n) is 9.34. The Kier molecular flexibility index (Phi) is 6.59. The Morgan fingerprint density at radius 3 is 2.53 bits per heavy atom. The number of amides is 1. The standard InChI is InChI=1S/C29H27FN4O4/c1-17-5-7-21(8-6-17)32-25(35)15-34-24-12-18(2)11-22(27(24)33(4)29(34)36)20-13-19(3)28(23(30)14-20)38-16-26-31-9-10-37-26/h5-14H,15-16H2,1-4H3,(H,32,35). The first-order chi connectivity index (χ1) is 18.2. The number of carbonyl (C=O) groups excluding carboxylic acids is 1. The number of halogens is 1. The van der Waals surface area contributed by atoms with E-state index < -0.39 is 5.82 Å². The third-order valence-electron chi connectivity index (χ3n) is 6.38. The van der Waals surface area contributed by atoms with Crippen molar-refractivity contribution in [2.75, 3.05) is 5.32 Å². The number of carbonyl (C=O) groups is 1. The molecule has 194 valence electrons. The molecule has 0 bridgehead atoms. The second kappa shape index (κ2) is 10.0. The monoisotopic (exact) mass is 514 g/mol. The number of ether oxygens (including phenoxy) is 1. The molecule has 0 fully saturated rings. The Balaban J connectivity index is 1.51. The number of oxazole rings is 1. The van der Waals surface area contributed by atoms with E-state index in [0.29, 0.717) is 39.3 Å². The molecule has 0 spiro atoms. The number of anilines is 1. The number of benzene rings is 3. The van der Waals surface area contributed by atoms with Crippen LogP contribution in [0.2, 0.25) is 0 Å². The summed E-state index contributed by atoms with van der Waals surface area (Å²) >= 11 is 0. The Hall–Kier alpha value is -4.66. The average Bonchev–Trinajstić information content (AvgIpc) is 3.47. The van der Waals surface area contributed by atoms with Crippen LogP contribution in [0, 0.1) is 26.6 Å². The minimum atomic E-state index is -0.539.